The number of rotatable bonds is 6. The van der Waals surface area contributed by atoms with E-state index in [0.717, 1.165) is 61.5 Å². The van der Waals surface area contributed by atoms with Crippen molar-refractivity contribution in [3.8, 4) is 11.1 Å². The largest absolute Gasteiger partial charge is 0.454 e. The van der Waals surface area contributed by atoms with Crippen LogP contribution < -0.4 is 10.2 Å². The minimum Gasteiger partial charge on any atom is -0.454 e. The van der Waals surface area contributed by atoms with Gasteiger partial charge in [0.1, 0.15) is 5.58 Å². The van der Waals surface area contributed by atoms with Crippen LogP contribution in [0.1, 0.15) is 52.7 Å². The van der Waals surface area contributed by atoms with Crippen molar-refractivity contribution in [1.82, 2.24) is 0 Å². The Morgan fingerprint density at radius 1 is 0.532 bits per heavy atom. The maximum Gasteiger partial charge on any atom is 0.158 e. The van der Waals surface area contributed by atoms with Crippen molar-refractivity contribution < 1.29 is 4.42 Å². The van der Waals surface area contributed by atoms with Gasteiger partial charge < -0.3 is 14.6 Å². The van der Waals surface area contributed by atoms with E-state index in [4.69, 9.17) is 4.42 Å². The second kappa shape index (κ2) is 11.8. The Morgan fingerprint density at radius 2 is 1.11 bits per heavy atom. The molecule has 3 nitrogen and oxygen atoms in total. The van der Waals surface area contributed by atoms with Gasteiger partial charge in [0, 0.05) is 33.4 Å². The predicted molar refractivity (Wildman–Crippen MR) is 201 cm³/mol. The molecule has 0 radical (unpaired) electrons. The summed E-state index contributed by atoms with van der Waals surface area (Å²) < 4.78 is 6.37. The van der Waals surface area contributed by atoms with Gasteiger partial charge in [0.05, 0.1) is 11.4 Å². The van der Waals surface area contributed by atoms with Gasteiger partial charge in [0.15, 0.2) is 5.58 Å². The first-order valence-corrected chi connectivity index (χ1v) is 16.4. The summed E-state index contributed by atoms with van der Waals surface area (Å²) in [4.78, 5) is 2.38. The number of fused-ring (bicyclic) bond motifs is 3. The highest BCUT2D eigenvalue weighted by molar-refractivity contribution is 6.09. The second-order valence-corrected chi connectivity index (χ2v) is 14.4. The van der Waals surface area contributed by atoms with Gasteiger partial charge in [-0.25, -0.2) is 0 Å². The third kappa shape index (κ3) is 6.02. The molecular weight excluding hydrogens is 572 g/mol. The average Bonchev–Trinajstić information content (AvgIpc) is 3.45. The molecule has 0 aliphatic carbocycles. The summed E-state index contributed by atoms with van der Waals surface area (Å²) in [5.41, 5.74) is 12.0. The summed E-state index contributed by atoms with van der Waals surface area (Å²) in [6.07, 6.45) is 0. The number of benzene rings is 6. The molecule has 0 saturated heterocycles. The Balaban J connectivity index is 1.40. The third-order valence-electron chi connectivity index (χ3n) is 8.99. The molecule has 0 atom stereocenters. The first-order valence-electron chi connectivity index (χ1n) is 16.4. The van der Waals surface area contributed by atoms with E-state index in [2.05, 4.69) is 179 Å². The van der Waals surface area contributed by atoms with E-state index in [9.17, 15) is 0 Å². The number of furan rings is 1. The van der Waals surface area contributed by atoms with Gasteiger partial charge in [-0.2, -0.15) is 0 Å². The van der Waals surface area contributed by atoms with Crippen LogP contribution in [-0.4, -0.2) is 0 Å². The smallest absolute Gasteiger partial charge is 0.158 e. The zero-order valence-electron chi connectivity index (χ0n) is 28.1. The van der Waals surface area contributed by atoms with Crippen molar-refractivity contribution in [2.24, 2.45) is 0 Å². The highest BCUT2D eigenvalue weighted by atomic mass is 16.3. The molecule has 47 heavy (non-hydrogen) atoms. The maximum atomic E-state index is 6.37. The van der Waals surface area contributed by atoms with E-state index < -0.39 is 0 Å². The first-order chi connectivity index (χ1) is 22.6. The van der Waals surface area contributed by atoms with Crippen molar-refractivity contribution in [2.45, 2.75) is 52.4 Å². The van der Waals surface area contributed by atoms with Crippen LogP contribution >= 0.6 is 0 Å². The highest BCUT2D eigenvalue weighted by Gasteiger charge is 2.22. The monoisotopic (exact) mass is 614 g/mol. The number of nitrogens with zero attached hydrogens (tertiary/aromatic N) is 1. The van der Waals surface area contributed by atoms with Crippen molar-refractivity contribution in [3.63, 3.8) is 0 Å². The summed E-state index contributed by atoms with van der Waals surface area (Å²) in [7, 11) is 0. The Bertz CT molecular complexity index is 2100. The van der Waals surface area contributed by atoms with Gasteiger partial charge in [-0.05, 0) is 76.1 Å². The lowest BCUT2D eigenvalue weighted by atomic mass is 9.86. The van der Waals surface area contributed by atoms with Gasteiger partial charge >= 0.3 is 0 Å². The molecule has 7 aromatic rings. The Morgan fingerprint density at radius 3 is 1.72 bits per heavy atom. The molecule has 1 aromatic heterocycles. The average molecular weight is 615 g/mol. The number of anilines is 5. The van der Waals surface area contributed by atoms with Crippen LogP contribution in [0.2, 0.25) is 0 Å². The number of nitrogens with one attached hydrogen (secondary N) is 1. The molecule has 234 valence electrons. The Hall–Kier alpha value is -5.28. The summed E-state index contributed by atoms with van der Waals surface area (Å²) in [6.45, 7) is 13.6. The van der Waals surface area contributed by atoms with E-state index in [1.165, 1.54) is 11.1 Å². The lowest BCUT2D eigenvalue weighted by molar-refractivity contribution is 0.590. The van der Waals surface area contributed by atoms with Crippen molar-refractivity contribution in [3.05, 3.63) is 151 Å². The van der Waals surface area contributed by atoms with Gasteiger partial charge in [-0.3, -0.25) is 0 Å². The maximum absolute atomic E-state index is 6.37. The van der Waals surface area contributed by atoms with Gasteiger partial charge in [0.2, 0.25) is 0 Å². The molecule has 6 aromatic carbocycles. The van der Waals surface area contributed by atoms with Crippen LogP contribution in [0.4, 0.5) is 28.4 Å². The molecule has 1 heterocycles. The Kier molecular flexibility index (Phi) is 7.64. The first kappa shape index (κ1) is 30.4. The van der Waals surface area contributed by atoms with Gasteiger partial charge in [-0.1, -0.05) is 133 Å². The normalized spacial score (nSPS) is 12.0. The summed E-state index contributed by atoms with van der Waals surface area (Å²) in [6, 6.07) is 49.9. The number of para-hydroxylation sites is 2. The molecule has 0 saturated carbocycles. The van der Waals surface area contributed by atoms with Crippen LogP contribution in [0.5, 0.6) is 0 Å². The van der Waals surface area contributed by atoms with E-state index in [0.29, 0.717) is 0 Å². The SMILES string of the molecule is CC(C)(C)c1ccc(N(c2ccc(C(C)(C)C)cc2)c2cc(Nc3cccc4c3oc3ccccc34)ccc2-c2ccccc2)cc1. The van der Waals surface area contributed by atoms with Crippen LogP contribution in [0.3, 0.4) is 0 Å². The minimum atomic E-state index is 0.0639. The van der Waals surface area contributed by atoms with Gasteiger partial charge in [-0.15, -0.1) is 0 Å². The molecule has 0 fully saturated rings. The van der Waals surface area contributed by atoms with E-state index in [-0.39, 0.29) is 10.8 Å². The molecule has 0 bridgehead atoms. The quantitative estimate of drug-likeness (QED) is 0.202. The van der Waals surface area contributed by atoms with E-state index in [1.807, 2.05) is 12.1 Å². The highest BCUT2D eigenvalue weighted by Crippen LogP contribution is 2.44. The minimum absolute atomic E-state index is 0.0639. The molecule has 0 spiro atoms. The third-order valence-corrected chi connectivity index (χ3v) is 8.99. The molecular formula is C44H42N2O. The molecule has 3 heteroatoms. The molecule has 7 rings (SSSR count). The fourth-order valence-electron chi connectivity index (χ4n) is 6.31. The molecule has 0 amide bonds. The van der Waals surface area contributed by atoms with E-state index in [1.54, 1.807) is 0 Å². The van der Waals surface area contributed by atoms with Crippen LogP contribution in [-0.2, 0) is 10.8 Å². The summed E-state index contributed by atoms with van der Waals surface area (Å²) in [5, 5.41) is 5.95. The fourth-order valence-corrected chi connectivity index (χ4v) is 6.31. The standard InChI is InChI=1S/C44H42N2O/c1-43(2,3)31-19-24-34(25-20-31)46(35-26-21-32(22-27-35)44(4,5)6)40-29-33(23-28-36(40)30-13-8-7-9-14-30)45-39-17-12-16-38-37-15-10-11-18-41(37)47-42(38)39/h7-29,45H,1-6H3. The summed E-state index contributed by atoms with van der Waals surface area (Å²) in [5.74, 6) is 0. The van der Waals surface area contributed by atoms with E-state index >= 15 is 0 Å². The van der Waals surface area contributed by atoms with Gasteiger partial charge in [0.25, 0.3) is 0 Å². The summed E-state index contributed by atoms with van der Waals surface area (Å²) >= 11 is 0. The van der Waals surface area contributed by atoms with Crippen molar-refractivity contribution in [1.29, 1.82) is 0 Å². The topological polar surface area (TPSA) is 28.4 Å². The second-order valence-electron chi connectivity index (χ2n) is 14.4. The zero-order chi connectivity index (χ0) is 32.8. The number of hydrogen-bond donors (Lipinski definition) is 1. The molecule has 0 unspecified atom stereocenters. The predicted octanol–water partition coefficient (Wildman–Crippen LogP) is 13.1. The fraction of sp³-hybridized carbons (Fsp3) is 0.182. The van der Waals surface area contributed by atoms with Crippen LogP contribution in [0.25, 0.3) is 33.1 Å². The Labute approximate surface area is 278 Å². The zero-order valence-corrected chi connectivity index (χ0v) is 28.1. The lowest BCUT2D eigenvalue weighted by Crippen LogP contribution is -2.15. The number of hydrogen-bond acceptors (Lipinski definition) is 3. The molecule has 0 aliphatic heterocycles. The lowest BCUT2D eigenvalue weighted by Gasteiger charge is -2.30. The van der Waals surface area contributed by atoms with Crippen molar-refractivity contribution in [2.75, 3.05) is 10.2 Å². The van der Waals surface area contributed by atoms with Crippen LogP contribution in [0, 0.1) is 0 Å². The van der Waals surface area contributed by atoms with Crippen LogP contribution in [0.15, 0.2) is 144 Å². The molecule has 1 N–H and O–H groups in total. The molecule has 0 aliphatic rings. The van der Waals surface area contributed by atoms with Crippen molar-refractivity contribution >= 4 is 50.4 Å².